The molecule has 0 aliphatic rings. The van der Waals surface area contributed by atoms with Gasteiger partial charge in [-0.05, 0) is 12.1 Å². The first-order chi connectivity index (χ1) is 10.1. The minimum Gasteiger partial charge on any atom is -0.493 e. The van der Waals surface area contributed by atoms with Crippen LogP contribution in [0.4, 0.5) is 10.1 Å². The van der Waals surface area contributed by atoms with Crippen LogP contribution in [0, 0.1) is 5.82 Å². The van der Waals surface area contributed by atoms with Crippen LogP contribution in [0.15, 0.2) is 30.3 Å². The Morgan fingerprint density at radius 1 is 0.857 bits per heavy atom. The largest absolute Gasteiger partial charge is 0.493 e. The maximum absolute atomic E-state index is 13.0. The Morgan fingerprint density at radius 2 is 1.48 bits per heavy atom. The molecule has 0 amide bonds. The van der Waals surface area contributed by atoms with Crippen LogP contribution in [0.5, 0.6) is 28.7 Å². The molecule has 0 radical (unpaired) electrons. The van der Waals surface area contributed by atoms with E-state index < -0.39 is 5.82 Å². The van der Waals surface area contributed by atoms with Gasteiger partial charge in [-0.3, -0.25) is 0 Å². The van der Waals surface area contributed by atoms with Gasteiger partial charge < -0.3 is 24.7 Å². The number of nitrogen functional groups attached to an aromatic ring is 1. The normalized spacial score (nSPS) is 10.1. The average Bonchev–Trinajstić information content (AvgIpc) is 2.49. The maximum Gasteiger partial charge on any atom is 0.203 e. The summed E-state index contributed by atoms with van der Waals surface area (Å²) < 4.78 is 34.4. The molecular weight excluding hydrogens is 277 g/mol. The predicted molar refractivity (Wildman–Crippen MR) is 77.0 cm³/mol. The van der Waals surface area contributed by atoms with Crippen LogP contribution >= 0.6 is 0 Å². The summed E-state index contributed by atoms with van der Waals surface area (Å²) in [5, 5.41) is 0. The molecular formula is C15H16FNO4. The summed E-state index contributed by atoms with van der Waals surface area (Å²) in [7, 11) is 4.53. The molecule has 0 unspecified atom stereocenters. The molecule has 0 aromatic heterocycles. The van der Waals surface area contributed by atoms with E-state index in [1.165, 1.54) is 39.5 Å². The summed E-state index contributed by atoms with van der Waals surface area (Å²) in [6.07, 6.45) is 0. The average molecular weight is 293 g/mol. The molecule has 2 aromatic carbocycles. The van der Waals surface area contributed by atoms with Crippen LogP contribution in [0.25, 0.3) is 0 Å². The third kappa shape index (κ3) is 3.10. The summed E-state index contributed by atoms with van der Waals surface area (Å²) in [6.45, 7) is 0. The lowest BCUT2D eigenvalue weighted by Crippen LogP contribution is -1.97. The molecule has 2 aromatic rings. The van der Waals surface area contributed by atoms with Crippen molar-refractivity contribution in [2.24, 2.45) is 0 Å². The SMILES string of the molecule is COc1cc(Oc2ccc(F)cc2N)cc(OC)c1OC. The van der Waals surface area contributed by atoms with E-state index in [1.54, 1.807) is 12.1 Å². The lowest BCUT2D eigenvalue weighted by Gasteiger charge is -2.15. The number of hydrogen-bond donors (Lipinski definition) is 1. The van der Waals surface area contributed by atoms with Gasteiger partial charge in [-0.25, -0.2) is 4.39 Å². The van der Waals surface area contributed by atoms with Gasteiger partial charge in [-0.2, -0.15) is 0 Å². The Labute approximate surface area is 122 Å². The van der Waals surface area contributed by atoms with Crippen LogP contribution < -0.4 is 24.7 Å². The summed E-state index contributed by atoms with van der Waals surface area (Å²) >= 11 is 0. The lowest BCUT2D eigenvalue weighted by molar-refractivity contribution is 0.321. The molecule has 2 N–H and O–H groups in total. The van der Waals surface area contributed by atoms with Crippen LogP contribution in [0.1, 0.15) is 0 Å². The van der Waals surface area contributed by atoms with Gasteiger partial charge in [0.25, 0.3) is 0 Å². The maximum atomic E-state index is 13.0. The Bertz CT molecular complexity index is 621. The first-order valence-electron chi connectivity index (χ1n) is 6.12. The fourth-order valence-corrected chi connectivity index (χ4v) is 1.86. The van der Waals surface area contributed by atoms with Crippen molar-refractivity contribution in [2.45, 2.75) is 0 Å². The van der Waals surface area contributed by atoms with Crippen molar-refractivity contribution in [3.05, 3.63) is 36.1 Å². The van der Waals surface area contributed by atoms with E-state index in [9.17, 15) is 4.39 Å². The number of anilines is 1. The molecule has 0 fully saturated rings. The second-order valence-electron chi connectivity index (χ2n) is 4.15. The third-order valence-corrected chi connectivity index (χ3v) is 2.84. The van der Waals surface area contributed by atoms with Crippen LogP contribution in [-0.2, 0) is 0 Å². The van der Waals surface area contributed by atoms with Crippen molar-refractivity contribution in [2.75, 3.05) is 27.1 Å². The van der Waals surface area contributed by atoms with Gasteiger partial charge in [0.15, 0.2) is 17.2 Å². The minimum absolute atomic E-state index is 0.198. The van der Waals surface area contributed by atoms with E-state index in [-0.39, 0.29) is 5.69 Å². The molecule has 0 bridgehead atoms. The second-order valence-corrected chi connectivity index (χ2v) is 4.15. The summed E-state index contributed by atoms with van der Waals surface area (Å²) in [4.78, 5) is 0. The van der Waals surface area contributed by atoms with E-state index in [4.69, 9.17) is 24.7 Å². The zero-order chi connectivity index (χ0) is 15.4. The molecule has 0 aliphatic carbocycles. The van der Waals surface area contributed by atoms with Gasteiger partial charge in [-0.15, -0.1) is 0 Å². The molecule has 21 heavy (non-hydrogen) atoms. The fourth-order valence-electron chi connectivity index (χ4n) is 1.86. The van der Waals surface area contributed by atoms with Crippen LogP contribution in [-0.4, -0.2) is 21.3 Å². The monoisotopic (exact) mass is 293 g/mol. The van der Waals surface area contributed by atoms with Crippen molar-refractivity contribution in [3.8, 4) is 28.7 Å². The fraction of sp³-hybridized carbons (Fsp3) is 0.200. The highest BCUT2D eigenvalue weighted by molar-refractivity contribution is 5.59. The molecule has 0 aliphatic heterocycles. The molecule has 0 atom stereocenters. The van der Waals surface area contributed by atoms with Gasteiger partial charge in [0.1, 0.15) is 11.6 Å². The topological polar surface area (TPSA) is 62.9 Å². The first-order valence-corrected chi connectivity index (χ1v) is 6.12. The molecule has 0 saturated heterocycles. The summed E-state index contributed by atoms with van der Waals surface area (Å²) in [5.74, 6) is 1.71. The number of ether oxygens (including phenoxy) is 4. The molecule has 112 valence electrons. The van der Waals surface area contributed by atoms with E-state index in [0.717, 1.165) is 0 Å². The minimum atomic E-state index is -0.426. The quantitative estimate of drug-likeness (QED) is 0.857. The molecule has 2 rings (SSSR count). The molecule has 6 heteroatoms. The van der Waals surface area contributed by atoms with Crippen LogP contribution in [0.2, 0.25) is 0 Å². The summed E-state index contributed by atoms with van der Waals surface area (Å²) in [6, 6.07) is 7.17. The second kappa shape index (κ2) is 6.21. The van der Waals surface area contributed by atoms with Gasteiger partial charge in [0, 0.05) is 18.2 Å². The Morgan fingerprint density at radius 3 is 1.95 bits per heavy atom. The van der Waals surface area contributed by atoms with E-state index in [2.05, 4.69) is 0 Å². The molecule has 0 heterocycles. The highest BCUT2D eigenvalue weighted by atomic mass is 19.1. The number of nitrogens with two attached hydrogens (primary N) is 1. The van der Waals surface area contributed by atoms with E-state index in [0.29, 0.717) is 28.7 Å². The van der Waals surface area contributed by atoms with Gasteiger partial charge >= 0.3 is 0 Å². The van der Waals surface area contributed by atoms with Crippen molar-refractivity contribution in [1.82, 2.24) is 0 Å². The van der Waals surface area contributed by atoms with Gasteiger partial charge in [0.05, 0.1) is 27.0 Å². The zero-order valence-corrected chi connectivity index (χ0v) is 12.0. The highest BCUT2D eigenvalue weighted by Crippen LogP contribution is 2.42. The van der Waals surface area contributed by atoms with Crippen molar-refractivity contribution >= 4 is 5.69 Å². The number of methoxy groups -OCH3 is 3. The Kier molecular flexibility index (Phi) is 4.37. The Hall–Kier alpha value is -2.63. The van der Waals surface area contributed by atoms with Crippen molar-refractivity contribution < 1.29 is 23.3 Å². The third-order valence-electron chi connectivity index (χ3n) is 2.84. The lowest BCUT2D eigenvalue weighted by atomic mass is 10.2. The number of hydrogen-bond acceptors (Lipinski definition) is 5. The van der Waals surface area contributed by atoms with Crippen molar-refractivity contribution in [3.63, 3.8) is 0 Å². The Balaban J connectivity index is 2.40. The molecule has 0 spiro atoms. The van der Waals surface area contributed by atoms with Gasteiger partial charge in [0.2, 0.25) is 5.75 Å². The smallest absolute Gasteiger partial charge is 0.203 e. The van der Waals surface area contributed by atoms with E-state index >= 15 is 0 Å². The number of rotatable bonds is 5. The van der Waals surface area contributed by atoms with E-state index in [1.807, 2.05) is 0 Å². The standard InChI is InChI=1S/C15H16FNO4/c1-18-13-7-10(8-14(19-2)15(13)20-3)21-12-5-4-9(16)6-11(12)17/h4-8H,17H2,1-3H3. The highest BCUT2D eigenvalue weighted by Gasteiger charge is 2.15. The molecule has 5 nitrogen and oxygen atoms in total. The number of benzene rings is 2. The molecule has 0 saturated carbocycles. The summed E-state index contributed by atoms with van der Waals surface area (Å²) in [5.41, 5.74) is 5.91. The number of halogens is 1. The first kappa shape index (κ1) is 14.8. The van der Waals surface area contributed by atoms with Gasteiger partial charge in [-0.1, -0.05) is 0 Å². The van der Waals surface area contributed by atoms with Crippen molar-refractivity contribution in [1.29, 1.82) is 0 Å². The predicted octanol–water partition coefficient (Wildman–Crippen LogP) is 3.23. The zero-order valence-electron chi connectivity index (χ0n) is 12.0. The van der Waals surface area contributed by atoms with Crippen LogP contribution in [0.3, 0.4) is 0 Å².